The molecule has 0 aliphatic carbocycles. The lowest BCUT2D eigenvalue weighted by Gasteiger charge is -2.26. The van der Waals surface area contributed by atoms with Crippen molar-refractivity contribution in [2.24, 2.45) is 0 Å². The van der Waals surface area contributed by atoms with E-state index in [9.17, 15) is 13.2 Å². The molecule has 2 heterocycles. The predicted octanol–water partition coefficient (Wildman–Crippen LogP) is 5.19. The quantitative estimate of drug-likeness (QED) is 0.603. The van der Waals surface area contributed by atoms with Crippen molar-refractivity contribution in [2.45, 2.75) is 18.6 Å². The summed E-state index contributed by atoms with van der Waals surface area (Å²) >= 11 is 0. The van der Waals surface area contributed by atoms with Gasteiger partial charge in [-0.3, -0.25) is 4.84 Å². The minimum Gasteiger partial charge on any atom is -0.378 e. The Kier molecular flexibility index (Phi) is 5.69. The van der Waals surface area contributed by atoms with Crippen LogP contribution in [0, 0.1) is 0 Å². The zero-order chi connectivity index (χ0) is 22.0. The highest BCUT2D eigenvalue weighted by Gasteiger charge is 2.40. The Labute approximate surface area is 178 Å². The van der Waals surface area contributed by atoms with Crippen LogP contribution in [0.15, 0.2) is 60.8 Å². The predicted molar refractivity (Wildman–Crippen MR) is 113 cm³/mol. The van der Waals surface area contributed by atoms with Crippen molar-refractivity contribution in [1.82, 2.24) is 9.97 Å². The zero-order valence-corrected chi connectivity index (χ0v) is 17.1. The summed E-state index contributed by atoms with van der Waals surface area (Å²) in [6.45, 7) is 0.301. The number of aromatic nitrogens is 2. The molecular formula is C22H22F3N5O. The number of anilines is 4. The second kappa shape index (κ2) is 8.43. The highest BCUT2D eigenvalue weighted by Crippen LogP contribution is 2.41. The van der Waals surface area contributed by atoms with Gasteiger partial charge in [-0.15, -0.1) is 0 Å². The number of hydrogen-bond acceptors (Lipinski definition) is 6. The van der Waals surface area contributed by atoms with E-state index in [1.807, 2.05) is 73.6 Å². The van der Waals surface area contributed by atoms with E-state index in [-0.39, 0.29) is 17.8 Å². The third kappa shape index (κ3) is 4.56. The summed E-state index contributed by atoms with van der Waals surface area (Å²) in [5.74, 6) is -0.246. The summed E-state index contributed by atoms with van der Waals surface area (Å²) < 4.78 is 41.2. The van der Waals surface area contributed by atoms with Crippen LogP contribution in [0.4, 0.5) is 36.3 Å². The van der Waals surface area contributed by atoms with Gasteiger partial charge in [0.1, 0.15) is 5.56 Å². The Morgan fingerprint density at radius 3 is 2.42 bits per heavy atom. The first-order valence-corrected chi connectivity index (χ1v) is 9.78. The third-order valence-electron chi connectivity index (χ3n) is 5.01. The highest BCUT2D eigenvalue weighted by molar-refractivity contribution is 5.61. The molecule has 2 aromatic carbocycles. The van der Waals surface area contributed by atoms with Gasteiger partial charge < -0.3 is 10.2 Å². The van der Waals surface area contributed by atoms with E-state index in [4.69, 9.17) is 4.84 Å². The molecule has 31 heavy (non-hydrogen) atoms. The first-order valence-electron chi connectivity index (χ1n) is 9.78. The standard InChI is InChI=1S/C22H22F3N5O/c1-29(2)17-10-8-16(9-11-17)27-21-26-14-18(22(23,24)25)20(28-21)30-19(12-13-31-30)15-6-4-3-5-7-15/h3-11,14,19H,12-13H2,1-2H3,(H,26,27,28)/t19-/m0/s1. The van der Waals surface area contributed by atoms with Gasteiger partial charge >= 0.3 is 6.18 Å². The molecule has 0 unspecified atom stereocenters. The molecule has 1 atom stereocenters. The number of benzene rings is 2. The van der Waals surface area contributed by atoms with Crippen molar-refractivity contribution < 1.29 is 18.0 Å². The van der Waals surface area contributed by atoms with Crippen molar-refractivity contribution in [1.29, 1.82) is 0 Å². The molecule has 9 heteroatoms. The average molecular weight is 429 g/mol. The van der Waals surface area contributed by atoms with Crippen LogP contribution in [-0.4, -0.2) is 30.7 Å². The summed E-state index contributed by atoms with van der Waals surface area (Å²) in [5.41, 5.74) is 1.58. The van der Waals surface area contributed by atoms with Crippen LogP contribution in [0.5, 0.6) is 0 Å². The highest BCUT2D eigenvalue weighted by atomic mass is 19.4. The first kappa shape index (κ1) is 20.9. The Morgan fingerprint density at radius 1 is 1.06 bits per heavy atom. The molecule has 1 fully saturated rings. The van der Waals surface area contributed by atoms with Crippen LogP contribution in [-0.2, 0) is 11.0 Å². The fourth-order valence-corrected chi connectivity index (χ4v) is 3.43. The number of hydrogen-bond donors (Lipinski definition) is 1. The average Bonchev–Trinajstić information content (AvgIpc) is 3.24. The summed E-state index contributed by atoms with van der Waals surface area (Å²) in [6, 6.07) is 16.3. The fourth-order valence-electron chi connectivity index (χ4n) is 3.43. The number of halogens is 3. The van der Waals surface area contributed by atoms with E-state index in [1.54, 1.807) is 0 Å². The van der Waals surface area contributed by atoms with Gasteiger partial charge in [-0.25, -0.2) is 10.0 Å². The van der Waals surface area contributed by atoms with Crippen LogP contribution >= 0.6 is 0 Å². The summed E-state index contributed by atoms with van der Waals surface area (Å²) in [4.78, 5) is 15.6. The minimum atomic E-state index is -4.62. The second-order valence-electron chi connectivity index (χ2n) is 7.37. The molecular weight excluding hydrogens is 407 g/mol. The lowest BCUT2D eigenvalue weighted by atomic mass is 10.0. The summed E-state index contributed by atoms with van der Waals surface area (Å²) in [6.07, 6.45) is -3.27. The van der Waals surface area contributed by atoms with Gasteiger partial charge in [-0.1, -0.05) is 30.3 Å². The molecule has 0 amide bonds. The van der Waals surface area contributed by atoms with Crippen LogP contribution in [0.25, 0.3) is 0 Å². The summed E-state index contributed by atoms with van der Waals surface area (Å²) in [7, 11) is 3.85. The SMILES string of the molecule is CN(C)c1ccc(Nc2ncc(C(F)(F)F)c(N3OCC[C@H]3c3ccccc3)n2)cc1. The molecule has 4 rings (SSSR count). The Bertz CT molecular complexity index is 1030. The number of alkyl halides is 3. The van der Waals surface area contributed by atoms with Gasteiger partial charge in [0.2, 0.25) is 5.95 Å². The van der Waals surface area contributed by atoms with Gasteiger partial charge in [0, 0.05) is 38.1 Å². The van der Waals surface area contributed by atoms with E-state index in [0.717, 1.165) is 17.4 Å². The van der Waals surface area contributed by atoms with E-state index < -0.39 is 11.7 Å². The monoisotopic (exact) mass is 429 g/mol. The summed E-state index contributed by atoms with van der Waals surface area (Å²) in [5, 5.41) is 4.23. The number of rotatable bonds is 5. The molecule has 0 spiro atoms. The molecule has 0 bridgehead atoms. The molecule has 1 aliphatic heterocycles. The molecule has 0 radical (unpaired) electrons. The largest absolute Gasteiger partial charge is 0.421 e. The molecule has 6 nitrogen and oxygen atoms in total. The van der Waals surface area contributed by atoms with Gasteiger partial charge in [0.15, 0.2) is 5.82 Å². The zero-order valence-electron chi connectivity index (χ0n) is 17.1. The van der Waals surface area contributed by atoms with Crippen LogP contribution in [0.2, 0.25) is 0 Å². The lowest BCUT2D eigenvalue weighted by molar-refractivity contribution is -0.138. The lowest BCUT2D eigenvalue weighted by Crippen LogP contribution is -2.26. The normalized spacial score (nSPS) is 16.4. The maximum Gasteiger partial charge on any atom is 0.421 e. The van der Waals surface area contributed by atoms with Crippen LogP contribution in [0.1, 0.15) is 23.6 Å². The number of nitrogens with one attached hydrogen (secondary N) is 1. The minimum absolute atomic E-state index is 0.0583. The van der Waals surface area contributed by atoms with E-state index >= 15 is 0 Å². The van der Waals surface area contributed by atoms with Gasteiger partial charge in [0.05, 0.1) is 12.6 Å². The van der Waals surface area contributed by atoms with Gasteiger partial charge in [-0.2, -0.15) is 18.2 Å². The molecule has 1 aromatic heterocycles. The third-order valence-corrected chi connectivity index (χ3v) is 5.01. The van der Waals surface area contributed by atoms with Gasteiger partial charge in [0.25, 0.3) is 0 Å². The van der Waals surface area contributed by atoms with Crippen LogP contribution in [0.3, 0.4) is 0 Å². The maximum atomic E-state index is 13.7. The van der Waals surface area contributed by atoms with Crippen molar-refractivity contribution in [2.75, 3.05) is 36.0 Å². The van der Waals surface area contributed by atoms with Gasteiger partial charge in [-0.05, 0) is 29.8 Å². The second-order valence-corrected chi connectivity index (χ2v) is 7.37. The van der Waals surface area contributed by atoms with Crippen molar-refractivity contribution in [3.05, 3.63) is 71.9 Å². The maximum absolute atomic E-state index is 13.7. The number of nitrogens with zero attached hydrogens (tertiary/aromatic N) is 4. The molecule has 1 saturated heterocycles. The van der Waals surface area contributed by atoms with E-state index in [1.165, 1.54) is 5.06 Å². The molecule has 3 aromatic rings. The Balaban J connectivity index is 1.68. The fraction of sp³-hybridized carbons (Fsp3) is 0.273. The number of hydroxylamine groups is 1. The molecule has 0 saturated carbocycles. The first-order chi connectivity index (χ1) is 14.8. The van der Waals surface area contributed by atoms with E-state index in [2.05, 4.69) is 15.3 Å². The van der Waals surface area contributed by atoms with Crippen molar-refractivity contribution >= 4 is 23.1 Å². The topological polar surface area (TPSA) is 53.5 Å². The smallest absolute Gasteiger partial charge is 0.378 e. The van der Waals surface area contributed by atoms with Crippen molar-refractivity contribution in [3.8, 4) is 0 Å². The van der Waals surface area contributed by atoms with E-state index in [0.29, 0.717) is 18.7 Å². The molecule has 162 valence electrons. The Morgan fingerprint density at radius 2 is 1.77 bits per heavy atom. The van der Waals surface area contributed by atoms with Crippen molar-refractivity contribution in [3.63, 3.8) is 0 Å². The molecule has 1 aliphatic rings. The van der Waals surface area contributed by atoms with Crippen LogP contribution < -0.4 is 15.3 Å². The Hall–Kier alpha value is -3.33. The molecule has 1 N–H and O–H groups in total.